The minimum Gasteiger partial charge on any atom is -0.390 e. The summed E-state index contributed by atoms with van der Waals surface area (Å²) in [6.07, 6.45) is -0.897. The fraction of sp³-hybridized carbons (Fsp3) is 0.273. The van der Waals surface area contributed by atoms with Gasteiger partial charge in [0.15, 0.2) is 0 Å². The monoisotopic (exact) mass is 335 g/mol. The number of hydrogen-bond donors (Lipinski definition) is 1. The highest BCUT2D eigenvalue weighted by molar-refractivity contribution is 9.09. The predicted molar refractivity (Wildman–Crippen MR) is 67.9 cm³/mol. The lowest BCUT2D eigenvalue weighted by Crippen LogP contribution is -2.37. The number of aliphatic hydroxyl groups is 1. The van der Waals surface area contributed by atoms with Crippen LogP contribution < -0.4 is 4.90 Å². The molecule has 1 amide bonds. The number of β-amino-alcohol motifs (C(OH)–C–C–N with tert-alkyl or cyclic N) is 1. The molecule has 0 bridgehead atoms. The van der Waals surface area contributed by atoms with Gasteiger partial charge < -0.3 is 5.11 Å². The normalized spacial score (nSPS) is 16.1. The summed E-state index contributed by atoms with van der Waals surface area (Å²) in [5.74, 6) is -2.44. The van der Waals surface area contributed by atoms with Crippen LogP contribution in [0.15, 0.2) is 12.1 Å². The molecule has 0 fully saturated rings. The Bertz CT molecular complexity index is 537. The molecule has 1 N–H and O–H groups in total. The number of hydrogen-bond acceptors (Lipinski definition) is 3. The van der Waals surface area contributed by atoms with Crippen LogP contribution in [0, 0.1) is 5.82 Å². The average Bonchev–Trinajstić information content (AvgIpc) is 2.60. The Kier molecular flexibility index (Phi) is 3.70. The SMILES string of the molecule is O=C1C(=O)N(CC(O)CBr)c2c(F)ccc(Cl)c21. The number of fused-ring (bicyclic) bond motifs is 1. The van der Waals surface area contributed by atoms with Crippen molar-refractivity contribution < 1.29 is 19.1 Å². The van der Waals surface area contributed by atoms with Gasteiger partial charge in [0.2, 0.25) is 0 Å². The number of Topliss-reactive ketones (excluding diaryl/α,β-unsaturated/α-hetero) is 1. The topological polar surface area (TPSA) is 57.6 Å². The van der Waals surface area contributed by atoms with Crippen molar-refractivity contribution >= 4 is 44.9 Å². The first-order chi connectivity index (χ1) is 8.47. The highest BCUT2D eigenvalue weighted by Gasteiger charge is 2.40. The van der Waals surface area contributed by atoms with Gasteiger partial charge in [0.1, 0.15) is 5.82 Å². The van der Waals surface area contributed by atoms with Crippen LogP contribution in [0.4, 0.5) is 10.1 Å². The van der Waals surface area contributed by atoms with Crippen molar-refractivity contribution in [2.24, 2.45) is 0 Å². The molecule has 0 radical (unpaired) electrons. The molecular weight excluding hydrogens is 328 g/mol. The second kappa shape index (κ2) is 4.95. The number of halogens is 3. The van der Waals surface area contributed by atoms with Crippen LogP contribution in [0.1, 0.15) is 10.4 Å². The van der Waals surface area contributed by atoms with Crippen LogP contribution in [0.3, 0.4) is 0 Å². The molecule has 2 rings (SSSR count). The Morgan fingerprint density at radius 2 is 2.11 bits per heavy atom. The van der Waals surface area contributed by atoms with Gasteiger partial charge in [-0.05, 0) is 12.1 Å². The van der Waals surface area contributed by atoms with E-state index < -0.39 is 23.6 Å². The molecule has 1 aromatic carbocycles. The molecule has 1 unspecified atom stereocenters. The van der Waals surface area contributed by atoms with Crippen LogP contribution in [-0.4, -0.2) is 34.8 Å². The number of carbonyl (C=O) groups excluding carboxylic acids is 2. The summed E-state index contributed by atoms with van der Waals surface area (Å²) in [4.78, 5) is 24.4. The third-order valence-electron chi connectivity index (χ3n) is 2.59. The summed E-state index contributed by atoms with van der Waals surface area (Å²) in [5, 5.41) is 9.74. The number of anilines is 1. The van der Waals surface area contributed by atoms with Crippen molar-refractivity contribution in [3.8, 4) is 0 Å². The summed E-state index contributed by atoms with van der Waals surface area (Å²) in [6, 6.07) is 2.31. The molecule has 1 heterocycles. The molecule has 18 heavy (non-hydrogen) atoms. The van der Waals surface area contributed by atoms with E-state index in [0.29, 0.717) is 0 Å². The zero-order chi connectivity index (χ0) is 13.4. The Balaban J connectivity index is 2.51. The molecule has 1 atom stereocenters. The number of nitrogens with zero attached hydrogens (tertiary/aromatic N) is 1. The summed E-state index contributed by atoms with van der Waals surface area (Å²) in [5.41, 5.74) is -0.291. The quantitative estimate of drug-likeness (QED) is 0.676. The van der Waals surface area contributed by atoms with Crippen molar-refractivity contribution in [3.63, 3.8) is 0 Å². The van der Waals surface area contributed by atoms with Crippen molar-refractivity contribution in [2.75, 3.05) is 16.8 Å². The molecule has 1 aromatic rings. The number of ketones is 1. The molecule has 0 saturated heterocycles. The van der Waals surface area contributed by atoms with Crippen LogP contribution in [0.5, 0.6) is 0 Å². The van der Waals surface area contributed by atoms with Crippen molar-refractivity contribution in [1.82, 2.24) is 0 Å². The molecule has 0 saturated carbocycles. The highest BCUT2D eigenvalue weighted by atomic mass is 79.9. The van der Waals surface area contributed by atoms with E-state index in [2.05, 4.69) is 15.9 Å². The van der Waals surface area contributed by atoms with Crippen molar-refractivity contribution in [1.29, 1.82) is 0 Å². The second-order valence-electron chi connectivity index (χ2n) is 3.81. The average molecular weight is 337 g/mol. The number of carbonyl (C=O) groups is 2. The van der Waals surface area contributed by atoms with Crippen LogP contribution in [0.2, 0.25) is 5.02 Å². The van der Waals surface area contributed by atoms with Gasteiger partial charge >= 0.3 is 0 Å². The fourth-order valence-electron chi connectivity index (χ4n) is 1.79. The zero-order valence-electron chi connectivity index (χ0n) is 8.99. The first-order valence-electron chi connectivity index (χ1n) is 5.05. The number of amides is 1. The third kappa shape index (κ3) is 2.04. The number of aliphatic hydroxyl groups excluding tert-OH is 1. The lowest BCUT2D eigenvalue weighted by molar-refractivity contribution is -0.114. The molecule has 0 aliphatic carbocycles. The minimum absolute atomic E-state index is 0.0283. The molecule has 1 aliphatic rings. The van der Waals surface area contributed by atoms with Gasteiger partial charge in [-0.2, -0.15) is 0 Å². The van der Waals surface area contributed by atoms with Crippen LogP contribution in [-0.2, 0) is 4.79 Å². The molecule has 1 aliphatic heterocycles. The Hall–Kier alpha value is -0.980. The third-order valence-corrected chi connectivity index (χ3v) is 3.65. The van der Waals surface area contributed by atoms with Crippen LogP contribution in [0.25, 0.3) is 0 Å². The van der Waals surface area contributed by atoms with Gasteiger partial charge in [-0.1, -0.05) is 27.5 Å². The van der Waals surface area contributed by atoms with Crippen LogP contribution >= 0.6 is 27.5 Å². The Labute approximate surface area is 115 Å². The van der Waals surface area contributed by atoms with E-state index in [9.17, 15) is 19.1 Å². The predicted octanol–water partition coefficient (Wildman–Crippen LogP) is 1.76. The van der Waals surface area contributed by atoms with Gasteiger partial charge in [0.25, 0.3) is 11.7 Å². The largest absolute Gasteiger partial charge is 0.390 e. The van der Waals surface area contributed by atoms with E-state index in [1.165, 1.54) is 6.07 Å². The fourth-order valence-corrected chi connectivity index (χ4v) is 2.23. The van der Waals surface area contributed by atoms with E-state index in [-0.39, 0.29) is 28.1 Å². The maximum absolute atomic E-state index is 13.7. The summed E-state index contributed by atoms with van der Waals surface area (Å²) < 4.78 is 13.7. The highest BCUT2D eigenvalue weighted by Crippen LogP contribution is 2.36. The Morgan fingerprint density at radius 1 is 1.44 bits per heavy atom. The van der Waals surface area contributed by atoms with Gasteiger partial charge in [0, 0.05) is 5.33 Å². The zero-order valence-corrected chi connectivity index (χ0v) is 11.3. The second-order valence-corrected chi connectivity index (χ2v) is 4.86. The molecule has 0 spiro atoms. The number of benzene rings is 1. The first kappa shape index (κ1) is 13.5. The molecule has 96 valence electrons. The van der Waals surface area contributed by atoms with E-state index >= 15 is 0 Å². The van der Waals surface area contributed by atoms with E-state index in [1.54, 1.807) is 0 Å². The Morgan fingerprint density at radius 3 is 2.72 bits per heavy atom. The molecule has 4 nitrogen and oxygen atoms in total. The van der Waals surface area contributed by atoms with Crippen molar-refractivity contribution in [2.45, 2.75) is 6.10 Å². The van der Waals surface area contributed by atoms with Gasteiger partial charge in [0.05, 0.1) is 28.9 Å². The maximum Gasteiger partial charge on any atom is 0.299 e. The van der Waals surface area contributed by atoms with Gasteiger partial charge in [-0.3, -0.25) is 14.5 Å². The van der Waals surface area contributed by atoms with E-state index in [4.69, 9.17) is 11.6 Å². The standard InChI is InChI=1S/C11H8BrClFNO3/c12-3-5(16)4-15-9-7(14)2-1-6(13)8(9)10(17)11(15)18/h1-2,5,16H,3-4H2. The molecule has 7 heteroatoms. The maximum atomic E-state index is 13.7. The van der Waals surface area contributed by atoms with Gasteiger partial charge in [-0.15, -0.1) is 0 Å². The van der Waals surface area contributed by atoms with E-state index in [0.717, 1.165) is 11.0 Å². The summed E-state index contributed by atoms with van der Waals surface area (Å²) in [7, 11) is 0. The smallest absolute Gasteiger partial charge is 0.299 e. The lowest BCUT2D eigenvalue weighted by Gasteiger charge is -2.19. The minimum atomic E-state index is -0.897. The summed E-state index contributed by atoms with van der Waals surface area (Å²) >= 11 is 8.84. The number of rotatable bonds is 3. The molecule has 0 aromatic heterocycles. The van der Waals surface area contributed by atoms with E-state index in [1.807, 2.05) is 0 Å². The van der Waals surface area contributed by atoms with Crippen molar-refractivity contribution in [3.05, 3.63) is 28.5 Å². The first-order valence-corrected chi connectivity index (χ1v) is 6.55. The number of alkyl halides is 1. The van der Waals surface area contributed by atoms with Gasteiger partial charge in [-0.25, -0.2) is 4.39 Å². The molecular formula is C11H8BrClFNO3. The summed E-state index contributed by atoms with van der Waals surface area (Å²) in [6.45, 7) is -0.167. The lowest BCUT2D eigenvalue weighted by atomic mass is 10.1.